The second kappa shape index (κ2) is 6.85. The molecule has 0 saturated heterocycles. The van der Waals surface area contributed by atoms with Gasteiger partial charge in [0.25, 0.3) is 0 Å². The average molecular weight is 319 g/mol. The third-order valence-electron chi connectivity index (χ3n) is 3.16. The molecule has 0 spiro atoms. The quantitative estimate of drug-likeness (QED) is 0.919. The number of rotatable bonds is 5. The number of nitrogens with zero attached hydrogens (tertiary/aromatic N) is 4. The van der Waals surface area contributed by atoms with Crippen LogP contribution in [-0.4, -0.2) is 37.6 Å². The number of alkyl carbamates (subject to hydrolysis) is 1. The van der Waals surface area contributed by atoms with E-state index in [1.54, 1.807) is 12.5 Å². The Morgan fingerprint density at radius 3 is 2.70 bits per heavy atom. The molecule has 1 amide bonds. The summed E-state index contributed by atoms with van der Waals surface area (Å²) in [5.74, 6) is 0. The lowest BCUT2D eigenvalue weighted by Crippen LogP contribution is -2.33. The first-order chi connectivity index (χ1) is 10.8. The highest BCUT2D eigenvalue weighted by Crippen LogP contribution is 2.13. The highest BCUT2D eigenvalue weighted by atomic mass is 16.6. The minimum absolute atomic E-state index is 0.310. The van der Waals surface area contributed by atoms with E-state index in [0.717, 1.165) is 11.4 Å². The number of carbonyl (C=O) groups excluding carboxylic acids is 1. The van der Waals surface area contributed by atoms with Crippen molar-refractivity contribution in [1.29, 1.82) is 0 Å². The molecule has 23 heavy (non-hydrogen) atoms. The SMILES string of the molecule is CC(C)n1cc(-n2cncc2CCNC(=O)OC(C)(C)C)cn1. The summed E-state index contributed by atoms with van der Waals surface area (Å²) in [7, 11) is 0. The fraction of sp³-hybridized carbons (Fsp3) is 0.562. The van der Waals surface area contributed by atoms with E-state index < -0.39 is 11.7 Å². The molecule has 0 fully saturated rings. The maximum Gasteiger partial charge on any atom is 0.407 e. The van der Waals surface area contributed by atoms with Crippen molar-refractivity contribution in [3.63, 3.8) is 0 Å². The van der Waals surface area contributed by atoms with Crippen LogP contribution in [0.1, 0.15) is 46.4 Å². The van der Waals surface area contributed by atoms with Crippen LogP contribution in [0.5, 0.6) is 0 Å². The number of carbonyl (C=O) groups is 1. The van der Waals surface area contributed by atoms with E-state index in [9.17, 15) is 4.79 Å². The molecule has 0 saturated carbocycles. The van der Waals surface area contributed by atoms with Crippen molar-refractivity contribution in [2.75, 3.05) is 6.54 Å². The highest BCUT2D eigenvalue weighted by molar-refractivity contribution is 5.67. The molecule has 0 atom stereocenters. The van der Waals surface area contributed by atoms with Crippen LogP contribution >= 0.6 is 0 Å². The molecular formula is C16H25N5O2. The number of amides is 1. The van der Waals surface area contributed by atoms with Gasteiger partial charge in [0.1, 0.15) is 5.60 Å². The maximum absolute atomic E-state index is 11.7. The minimum Gasteiger partial charge on any atom is -0.444 e. The smallest absolute Gasteiger partial charge is 0.407 e. The van der Waals surface area contributed by atoms with E-state index in [2.05, 4.69) is 29.2 Å². The molecule has 2 heterocycles. The zero-order valence-corrected chi connectivity index (χ0v) is 14.4. The van der Waals surface area contributed by atoms with Gasteiger partial charge in [-0.2, -0.15) is 5.10 Å². The first-order valence-electron chi connectivity index (χ1n) is 7.79. The standard InChI is InChI=1S/C16H25N5O2/c1-12(2)21-10-14(9-19-21)20-11-17-8-13(20)6-7-18-15(22)23-16(3,4)5/h8-12H,6-7H2,1-5H3,(H,18,22). The molecule has 0 aliphatic rings. The molecule has 0 radical (unpaired) electrons. The number of hydrogen-bond donors (Lipinski definition) is 1. The van der Waals surface area contributed by atoms with Gasteiger partial charge >= 0.3 is 6.09 Å². The lowest BCUT2D eigenvalue weighted by atomic mass is 10.2. The van der Waals surface area contributed by atoms with Crippen LogP contribution in [0, 0.1) is 0 Å². The molecule has 126 valence electrons. The molecule has 7 nitrogen and oxygen atoms in total. The largest absolute Gasteiger partial charge is 0.444 e. The van der Waals surface area contributed by atoms with E-state index in [4.69, 9.17) is 4.74 Å². The molecular weight excluding hydrogens is 294 g/mol. The van der Waals surface area contributed by atoms with Crippen molar-refractivity contribution in [2.45, 2.75) is 52.7 Å². The highest BCUT2D eigenvalue weighted by Gasteiger charge is 2.16. The van der Waals surface area contributed by atoms with Crippen molar-refractivity contribution in [1.82, 2.24) is 24.6 Å². The summed E-state index contributed by atoms with van der Waals surface area (Å²) in [6, 6.07) is 0.310. The molecule has 2 aromatic rings. The minimum atomic E-state index is -0.489. The average Bonchev–Trinajstić information content (AvgIpc) is 3.03. The van der Waals surface area contributed by atoms with Gasteiger partial charge in [0.05, 0.1) is 18.2 Å². The first kappa shape index (κ1) is 17.1. The Hall–Kier alpha value is -2.31. The van der Waals surface area contributed by atoms with E-state index in [1.807, 2.05) is 42.4 Å². The summed E-state index contributed by atoms with van der Waals surface area (Å²) >= 11 is 0. The summed E-state index contributed by atoms with van der Waals surface area (Å²) in [5, 5.41) is 7.10. The van der Waals surface area contributed by atoms with Gasteiger partial charge in [-0.3, -0.25) is 4.68 Å². The molecule has 0 bridgehead atoms. The van der Waals surface area contributed by atoms with Gasteiger partial charge in [0.15, 0.2) is 0 Å². The van der Waals surface area contributed by atoms with Gasteiger partial charge in [0.2, 0.25) is 0 Å². The zero-order valence-electron chi connectivity index (χ0n) is 14.4. The van der Waals surface area contributed by atoms with Gasteiger partial charge in [-0.05, 0) is 34.6 Å². The monoisotopic (exact) mass is 319 g/mol. The van der Waals surface area contributed by atoms with Gasteiger partial charge < -0.3 is 14.6 Å². The second-order valence-electron chi connectivity index (χ2n) is 6.71. The summed E-state index contributed by atoms with van der Waals surface area (Å²) in [6.45, 7) is 10.2. The Kier molecular flexibility index (Phi) is 5.08. The van der Waals surface area contributed by atoms with E-state index >= 15 is 0 Å². The maximum atomic E-state index is 11.7. The summed E-state index contributed by atoms with van der Waals surface area (Å²) in [6.07, 6.45) is 7.60. The van der Waals surface area contributed by atoms with Gasteiger partial charge in [-0.25, -0.2) is 9.78 Å². The fourth-order valence-corrected chi connectivity index (χ4v) is 2.08. The van der Waals surface area contributed by atoms with Crippen molar-refractivity contribution in [3.05, 3.63) is 30.6 Å². The molecule has 0 aromatic carbocycles. The van der Waals surface area contributed by atoms with Gasteiger partial charge in [-0.15, -0.1) is 0 Å². The van der Waals surface area contributed by atoms with Crippen LogP contribution in [0.4, 0.5) is 4.79 Å². The molecule has 7 heteroatoms. The van der Waals surface area contributed by atoms with Crippen LogP contribution < -0.4 is 5.32 Å². The normalized spacial score (nSPS) is 11.7. The van der Waals surface area contributed by atoms with Gasteiger partial charge in [-0.1, -0.05) is 0 Å². The summed E-state index contributed by atoms with van der Waals surface area (Å²) in [5.41, 5.74) is 1.48. The van der Waals surface area contributed by atoms with E-state index in [1.165, 1.54) is 0 Å². The van der Waals surface area contributed by atoms with Crippen molar-refractivity contribution in [2.24, 2.45) is 0 Å². The number of nitrogens with one attached hydrogen (secondary N) is 1. The number of ether oxygens (including phenoxy) is 1. The molecule has 2 rings (SSSR count). The predicted octanol–water partition coefficient (Wildman–Crippen LogP) is 2.72. The van der Waals surface area contributed by atoms with Crippen molar-refractivity contribution in [3.8, 4) is 5.69 Å². The predicted molar refractivity (Wildman–Crippen MR) is 87.7 cm³/mol. The Morgan fingerprint density at radius 1 is 1.35 bits per heavy atom. The van der Waals surface area contributed by atoms with Crippen LogP contribution in [0.15, 0.2) is 24.9 Å². The molecule has 0 aliphatic carbocycles. The third-order valence-corrected chi connectivity index (χ3v) is 3.16. The number of imidazole rings is 1. The Balaban J connectivity index is 1.95. The van der Waals surface area contributed by atoms with E-state index in [-0.39, 0.29) is 0 Å². The summed E-state index contributed by atoms with van der Waals surface area (Å²) in [4.78, 5) is 15.8. The van der Waals surface area contributed by atoms with Crippen LogP contribution in [-0.2, 0) is 11.2 Å². The topological polar surface area (TPSA) is 74.0 Å². The molecule has 0 aliphatic heterocycles. The second-order valence-corrected chi connectivity index (χ2v) is 6.71. The summed E-state index contributed by atoms with van der Waals surface area (Å²) < 4.78 is 9.09. The first-order valence-corrected chi connectivity index (χ1v) is 7.79. The zero-order chi connectivity index (χ0) is 17.0. The lowest BCUT2D eigenvalue weighted by molar-refractivity contribution is 0.0528. The third kappa shape index (κ3) is 4.84. The number of hydrogen-bond acceptors (Lipinski definition) is 4. The molecule has 2 aromatic heterocycles. The van der Waals surface area contributed by atoms with Crippen molar-refractivity contribution >= 4 is 6.09 Å². The van der Waals surface area contributed by atoms with E-state index in [0.29, 0.717) is 19.0 Å². The Morgan fingerprint density at radius 2 is 2.09 bits per heavy atom. The van der Waals surface area contributed by atoms with Crippen LogP contribution in [0.2, 0.25) is 0 Å². The molecule has 0 unspecified atom stereocenters. The fourth-order valence-electron chi connectivity index (χ4n) is 2.08. The molecule has 1 N–H and O–H groups in total. The van der Waals surface area contributed by atoms with Crippen LogP contribution in [0.3, 0.4) is 0 Å². The Bertz CT molecular complexity index is 651. The van der Waals surface area contributed by atoms with Crippen molar-refractivity contribution < 1.29 is 9.53 Å². The lowest BCUT2D eigenvalue weighted by Gasteiger charge is -2.19. The number of aromatic nitrogens is 4. The van der Waals surface area contributed by atoms with Gasteiger partial charge in [0, 0.05) is 37.1 Å². The van der Waals surface area contributed by atoms with Crippen LogP contribution in [0.25, 0.3) is 5.69 Å². The Labute approximate surface area is 136 Å².